The van der Waals surface area contributed by atoms with E-state index in [1.807, 2.05) is 12.1 Å². The molecule has 0 saturated carbocycles. The van der Waals surface area contributed by atoms with Crippen molar-refractivity contribution in [3.05, 3.63) is 94.8 Å². The number of para-hydroxylation sites is 3. The predicted octanol–water partition coefficient (Wildman–Crippen LogP) is 5.31. The van der Waals surface area contributed by atoms with Gasteiger partial charge in [-0.15, -0.1) is 0 Å². The summed E-state index contributed by atoms with van der Waals surface area (Å²) < 4.78 is 34.9. The highest BCUT2D eigenvalue weighted by Gasteiger charge is 2.14. The molecule has 0 bridgehead atoms. The Bertz CT molecular complexity index is 1280. The number of fused-ring (bicyclic) bond motifs is 1. The van der Waals surface area contributed by atoms with E-state index in [9.17, 15) is 18.4 Å². The minimum Gasteiger partial charge on any atom is -0.433 e. The number of amides is 1. The lowest BCUT2D eigenvalue weighted by molar-refractivity contribution is -0.0493. The molecule has 1 aromatic heterocycles. The maximum atomic E-state index is 12.7. The number of hydrogen-bond acceptors (Lipinski definition) is 4. The van der Waals surface area contributed by atoms with E-state index in [2.05, 4.69) is 10.1 Å². The Labute approximate surface area is 169 Å². The fourth-order valence-corrected chi connectivity index (χ4v) is 3.05. The van der Waals surface area contributed by atoms with Gasteiger partial charge in [-0.05, 0) is 42.0 Å². The van der Waals surface area contributed by atoms with Crippen molar-refractivity contribution < 1.29 is 22.7 Å². The number of nitrogens with one attached hydrogen (secondary N) is 1. The van der Waals surface area contributed by atoms with Crippen molar-refractivity contribution in [1.29, 1.82) is 0 Å². The van der Waals surface area contributed by atoms with E-state index in [-0.39, 0.29) is 17.0 Å². The first-order valence-corrected chi connectivity index (χ1v) is 9.00. The summed E-state index contributed by atoms with van der Waals surface area (Å²) in [6.07, 6.45) is 0. The molecule has 150 valence electrons. The molecule has 5 nitrogen and oxygen atoms in total. The van der Waals surface area contributed by atoms with Gasteiger partial charge in [-0.2, -0.15) is 8.78 Å². The zero-order valence-electron chi connectivity index (χ0n) is 15.5. The van der Waals surface area contributed by atoms with Crippen LogP contribution in [-0.2, 0) is 0 Å². The molecular weight excluding hydrogens is 392 g/mol. The largest absolute Gasteiger partial charge is 0.433 e. The van der Waals surface area contributed by atoms with Gasteiger partial charge in [-0.1, -0.05) is 42.5 Å². The molecule has 1 amide bonds. The predicted molar refractivity (Wildman–Crippen MR) is 109 cm³/mol. The van der Waals surface area contributed by atoms with Crippen molar-refractivity contribution in [2.24, 2.45) is 0 Å². The standard InChI is InChI=1S/C23H15F2NO4/c24-23(25)30-20-11-4-2-9-18(20)26-21(27)16-8-5-7-14(12-16)17-13-15-6-1-3-10-19(15)29-22(17)28/h1-13,23H,(H,26,27). The van der Waals surface area contributed by atoms with Crippen LogP contribution in [0.5, 0.6) is 5.75 Å². The average molecular weight is 407 g/mol. The third kappa shape index (κ3) is 4.05. The van der Waals surface area contributed by atoms with Gasteiger partial charge in [0, 0.05) is 10.9 Å². The molecular formula is C23H15F2NO4. The van der Waals surface area contributed by atoms with E-state index in [1.165, 1.54) is 24.3 Å². The van der Waals surface area contributed by atoms with Crippen LogP contribution in [0.4, 0.5) is 14.5 Å². The van der Waals surface area contributed by atoms with Gasteiger partial charge in [-0.25, -0.2) is 4.79 Å². The van der Waals surface area contributed by atoms with Crippen LogP contribution in [0.2, 0.25) is 0 Å². The lowest BCUT2D eigenvalue weighted by atomic mass is 10.0. The van der Waals surface area contributed by atoms with E-state index in [0.717, 1.165) is 5.39 Å². The third-order valence-electron chi connectivity index (χ3n) is 4.43. The monoisotopic (exact) mass is 407 g/mol. The second-order valence-corrected chi connectivity index (χ2v) is 6.39. The zero-order valence-corrected chi connectivity index (χ0v) is 15.5. The summed E-state index contributed by atoms with van der Waals surface area (Å²) >= 11 is 0. The van der Waals surface area contributed by atoms with Gasteiger partial charge < -0.3 is 14.5 Å². The van der Waals surface area contributed by atoms with Gasteiger partial charge in [0.2, 0.25) is 0 Å². The van der Waals surface area contributed by atoms with Gasteiger partial charge in [-0.3, -0.25) is 4.79 Å². The van der Waals surface area contributed by atoms with Gasteiger partial charge >= 0.3 is 12.2 Å². The Morgan fingerprint density at radius 3 is 2.53 bits per heavy atom. The molecule has 0 unspecified atom stereocenters. The van der Waals surface area contributed by atoms with Crippen LogP contribution in [0, 0.1) is 0 Å². The molecule has 0 aliphatic rings. The molecule has 0 atom stereocenters. The maximum Gasteiger partial charge on any atom is 0.387 e. The highest BCUT2D eigenvalue weighted by atomic mass is 19.3. The van der Waals surface area contributed by atoms with E-state index in [1.54, 1.807) is 42.5 Å². The van der Waals surface area contributed by atoms with Gasteiger partial charge in [0.05, 0.1) is 11.3 Å². The zero-order chi connectivity index (χ0) is 21.1. The Kier molecular flexibility index (Phi) is 5.26. The van der Waals surface area contributed by atoms with E-state index in [4.69, 9.17) is 4.42 Å². The lowest BCUT2D eigenvalue weighted by Gasteiger charge is -2.12. The minimum atomic E-state index is -3.02. The molecule has 0 fully saturated rings. The van der Waals surface area contributed by atoms with Gasteiger partial charge in [0.25, 0.3) is 5.91 Å². The number of alkyl halides is 2. The lowest BCUT2D eigenvalue weighted by Crippen LogP contribution is -2.14. The molecule has 1 N–H and O–H groups in total. The summed E-state index contributed by atoms with van der Waals surface area (Å²) in [6, 6.07) is 21.1. The fraction of sp³-hybridized carbons (Fsp3) is 0.0435. The van der Waals surface area contributed by atoms with E-state index < -0.39 is 18.1 Å². The molecule has 0 radical (unpaired) electrons. The van der Waals surface area contributed by atoms with Crippen LogP contribution in [-0.4, -0.2) is 12.5 Å². The highest BCUT2D eigenvalue weighted by Crippen LogP contribution is 2.27. The van der Waals surface area contributed by atoms with Crippen LogP contribution >= 0.6 is 0 Å². The number of carbonyl (C=O) groups excluding carboxylic acids is 1. The molecule has 1 heterocycles. The summed E-state index contributed by atoms with van der Waals surface area (Å²) in [5, 5.41) is 3.31. The molecule has 0 spiro atoms. The number of hydrogen-bond donors (Lipinski definition) is 1. The molecule has 3 aromatic carbocycles. The summed E-state index contributed by atoms with van der Waals surface area (Å²) in [5.41, 5.74) is 1.10. The van der Waals surface area contributed by atoms with Crippen molar-refractivity contribution in [1.82, 2.24) is 0 Å². The Hall–Kier alpha value is -4.00. The van der Waals surface area contributed by atoms with Crippen molar-refractivity contribution >= 4 is 22.6 Å². The first-order valence-electron chi connectivity index (χ1n) is 9.00. The summed E-state index contributed by atoms with van der Waals surface area (Å²) in [7, 11) is 0. The number of rotatable bonds is 5. The third-order valence-corrected chi connectivity index (χ3v) is 4.43. The van der Waals surface area contributed by atoms with Crippen molar-refractivity contribution in [3.8, 4) is 16.9 Å². The summed E-state index contributed by atoms with van der Waals surface area (Å²) in [5.74, 6) is -0.681. The van der Waals surface area contributed by atoms with Crippen molar-refractivity contribution in [2.45, 2.75) is 6.61 Å². The van der Waals surface area contributed by atoms with E-state index in [0.29, 0.717) is 16.7 Å². The Morgan fingerprint density at radius 2 is 1.70 bits per heavy atom. The molecule has 7 heteroatoms. The number of halogens is 2. The first kappa shape index (κ1) is 19.3. The highest BCUT2D eigenvalue weighted by molar-refractivity contribution is 6.05. The fourth-order valence-electron chi connectivity index (χ4n) is 3.05. The number of ether oxygens (including phenoxy) is 1. The molecule has 30 heavy (non-hydrogen) atoms. The quantitative estimate of drug-likeness (QED) is 0.455. The van der Waals surface area contributed by atoms with Gasteiger partial charge in [0.1, 0.15) is 11.3 Å². The van der Waals surface area contributed by atoms with Crippen LogP contribution in [0.3, 0.4) is 0 Å². The van der Waals surface area contributed by atoms with Crippen molar-refractivity contribution in [3.63, 3.8) is 0 Å². The number of carbonyl (C=O) groups is 1. The average Bonchev–Trinajstić information content (AvgIpc) is 2.74. The van der Waals surface area contributed by atoms with Crippen LogP contribution in [0.15, 0.2) is 88.1 Å². The van der Waals surface area contributed by atoms with E-state index >= 15 is 0 Å². The molecule has 0 aliphatic heterocycles. The Balaban J connectivity index is 1.65. The smallest absolute Gasteiger partial charge is 0.387 e. The SMILES string of the molecule is O=C(Nc1ccccc1OC(F)F)c1cccc(-c2cc3ccccc3oc2=O)c1. The molecule has 4 aromatic rings. The van der Waals surface area contributed by atoms with Crippen LogP contribution < -0.4 is 15.7 Å². The second-order valence-electron chi connectivity index (χ2n) is 6.39. The summed E-state index contributed by atoms with van der Waals surface area (Å²) in [6.45, 7) is -3.02. The normalized spacial score (nSPS) is 10.9. The maximum absolute atomic E-state index is 12.7. The van der Waals surface area contributed by atoms with Crippen LogP contribution in [0.1, 0.15) is 10.4 Å². The molecule has 0 aliphatic carbocycles. The molecule has 0 saturated heterocycles. The second kappa shape index (κ2) is 8.16. The van der Waals surface area contributed by atoms with Crippen LogP contribution in [0.25, 0.3) is 22.1 Å². The Morgan fingerprint density at radius 1 is 0.933 bits per heavy atom. The number of benzene rings is 3. The van der Waals surface area contributed by atoms with Crippen molar-refractivity contribution in [2.75, 3.05) is 5.32 Å². The van der Waals surface area contributed by atoms with Gasteiger partial charge in [0.15, 0.2) is 0 Å². The minimum absolute atomic E-state index is 0.110. The number of anilines is 1. The molecule has 4 rings (SSSR count). The summed E-state index contributed by atoms with van der Waals surface area (Å²) in [4.78, 5) is 25.1. The first-order chi connectivity index (χ1) is 14.5. The topological polar surface area (TPSA) is 68.5 Å².